The summed E-state index contributed by atoms with van der Waals surface area (Å²) in [7, 11) is -3.92. The topological polar surface area (TPSA) is 80.7 Å². The second kappa shape index (κ2) is 7.58. The summed E-state index contributed by atoms with van der Waals surface area (Å²) in [5, 5.41) is 0. The van der Waals surface area contributed by atoms with E-state index in [4.69, 9.17) is 9.29 Å². The van der Waals surface area contributed by atoms with E-state index in [0.29, 0.717) is 11.7 Å². The van der Waals surface area contributed by atoms with Crippen molar-refractivity contribution in [2.24, 2.45) is 0 Å². The summed E-state index contributed by atoms with van der Waals surface area (Å²) < 4.78 is 35.2. The Morgan fingerprint density at radius 1 is 1.18 bits per heavy atom. The normalized spacial score (nSPS) is 18.8. The van der Waals surface area contributed by atoms with Crippen molar-refractivity contribution in [1.82, 2.24) is 0 Å². The van der Waals surface area contributed by atoms with Gasteiger partial charge in [0, 0.05) is 5.57 Å². The van der Waals surface area contributed by atoms with Gasteiger partial charge >= 0.3 is 0 Å². The van der Waals surface area contributed by atoms with Gasteiger partial charge in [-0.05, 0) is 55.7 Å². The molecule has 2 rings (SSSR count). The van der Waals surface area contributed by atoms with Crippen molar-refractivity contribution in [1.29, 1.82) is 0 Å². The molecule has 0 aliphatic heterocycles. The molecular formula is C16H20O5S. The molecule has 1 saturated carbocycles. The molecule has 0 bridgehead atoms. The van der Waals surface area contributed by atoms with Gasteiger partial charge in [-0.2, -0.15) is 8.42 Å². The Bertz CT molecular complexity index is 632. The van der Waals surface area contributed by atoms with Crippen LogP contribution in [0.25, 0.3) is 0 Å². The van der Waals surface area contributed by atoms with Crippen LogP contribution in [-0.2, 0) is 14.9 Å². The van der Waals surface area contributed by atoms with E-state index in [1.807, 2.05) is 30.2 Å². The highest BCUT2D eigenvalue weighted by Crippen LogP contribution is 2.34. The zero-order valence-corrected chi connectivity index (χ0v) is 13.1. The van der Waals surface area contributed by atoms with Gasteiger partial charge in [0.05, 0.1) is 12.4 Å². The molecule has 0 atom stereocenters. The summed E-state index contributed by atoms with van der Waals surface area (Å²) in [6.45, 7) is 0.246. The van der Waals surface area contributed by atoms with Gasteiger partial charge < -0.3 is 4.74 Å². The predicted octanol–water partition coefficient (Wildman–Crippen LogP) is 2.76. The van der Waals surface area contributed by atoms with Gasteiger partial charge in [0.25, 0.3) is 10.1 Å². The Balaban J connectivity index is 1.82. The Morgan fingerprint density at radius 3 is 2.36 bits per heavy atom. The van der Waals surface area contributed by atoms with Gasteiger partial charge in [0.1, 0.15) is 11.7 Å². The summed E-state index contributed by atoms with van der Waals surface area (Å²) in [6, 6.07) is 7.76. The lowest BCUT2D eigenvalue weighted by molar-refractivity contribution is 0.316. The van der Waals surface area contributed by atoms with Gasteiger partial charge in [0.15, 0.2) is 0 Å². The second-order valence-corrected chi connectivity index (χ2v) is 7.11. The molecule has 0 spiro atoms. The summed E-state index contributed by atoms with van der Waals surface area (Å²) in [5.74, 6) is 2.87. The minimum Gasteiger partial charge on any atom is -0.494 e. The maximum Gasteiger partial charge on any atom is 0.264 e. The standard InChI is InChI=1S/C16H20O5S/c17-12-13-2-4-14(5-3-13)15-6-8-16(9-7-15)21-10-1-11-22(18,19)20/h6-9,14H,1-5,10-11H2,(H,18,19,20). The molecule has 0 heterocycles. The zero-order valence-electron chi connectivity index (χ0n) is 12.3. The second-order valence-electron chi connectivity index (χ2n) is 5.54. The zero-order chi connectivity index (χ0) is 16.0. The predicted molar refractivity (Wildman–Crippen MR) is 83.4 cm³/mol. The Kier molecular flexibility index (Phi) is 5.77. The molecule has 0 aromatic heterocycles. The highest BCUT2D eigenvalue weighted by Gasteiger charge is 2.18. The number of allylic oxidation sites excluding steroid dienone is 1. The van der Waals surface area contributed by atoms with Gasteiger partial charge in [0.2, 0.25) is 0 Å². The lowest BCUT2D eigenvalue weighted by atomic mass is 9.82. The monoisotopic (exact) mass is 324 g/mol. The van der Waals surface area contributed by atoms with Crippen LogP contribution < -0.4 is 4.74 Å². The van der Waals surface area contributed by atoms with Crippen molar-refractivity contribution >= 4 is 16.1 Å². The highest BCUT2D eigenvalue weighted by atomic mass is 32.2. The molecule has 1 N–H and O–H groups in total. The van der Waals surface area contributed by atoms with Crippen molar-refractivity contribution in [3.8, 4) is 5.75 Å². The van der Waals surface area contributed by atoms with Crippen molar-refractivity contribution in [3.05, 3.63) is 35.4 Å². The van der Waals surface area contributed by atoms with E-state index in [1.54, 1.807) is 0 Å². The van der Waals surface area contributed by atoms with Crippen LogP contribution in [-0.4, -0.2) is 31.3 Å². The van der Waals surface area contributed by atoms with Crippen LogP contribution in [0.3, 0.4) is 0 Å². The average molecular weight is 324 g/mol. The first kappa shape index (κ1) is 16.7. The van der Waals surface area contributed by atoms with Crippen LogP contribution in [0.1, 0.15) is 43.6 Å². The summed E-state index contributed by atoms with van der Waals surface area (Å²) in [6.07, 6.45) is 3.84. The molecule has 0 saturated heterocycles. The third-order valence-electron chi connectivity index (χ3n) is 3.90. The molecular weight excluding hydrogens is 304 g/mol. The molecule has 1 aromatic carbocycles. The highest BCUT2D eigenvalue weighted by molar-refractivity contribution is 7.85. The SMILES string of the molecule is O=C=C1CCC(c2ccc(OCCCS(=O)(=O)O)cc2)CC1. The van der Waals surface area contributed by atoms with Crippen LogP contribution in [0, 0.1) is 0 Å². The number of carbonyl (C=O) groups excluding carboxylic acids is 1. The average Bonchev–Trinajstić information content (AvgIpc) is 2.51. The summed E-state index contributed by atoms with van der Waals surface area (Å²) >= 11 is 0. The summed E-state index contributed by atoms with van der Waals surface area (Å²) in [5.41, 5.74) is 2.12. The van der Waals surface area contributed by atoms with Gasteiger partial charge in [-0.1, -0.05) is 12.1 Å². The first-order valence-electron chi connectivity index (χ1n) is 7.39. The lowest BCUT2D eigenvalue weighted by Gasteiger charge is -2.22. The molecule has 1 aliphatic carbocycles. The third kappa shape index (κ3) is 5.30. The number of hydrogen-bond acceptors (Lipinski definition) is 4. The quantitative estimate of drug-likeness (QED) is 0.494. The molecule has 0 radical (unpaired) electrons. The number of hydrogen-bond donors (Lipinski definition) is 1. The van der Waals surface area contributed by atoms with Gasteiger partial charge in [-0.3, -0.25) is 4.55 Å². The van der Waals surface area contributed by atoms with Crippen molar-refractivity contribution in [3.63, 3.8) is 0 Å². The molecule has 1 aliphatic rings. The molecule has 1 aromatic rings. The molecule has 5 nitrogen and oxygen atoms in total. The van der Waals surface area contributed by atoms with E-state index in [1.165, 1.54) is 5.56 Å². The molecule has 0 unspecified atom stereocenters. The van der Waals surface area contributed by atoms with E-state index in [9.17, 15) is 13.2 Å². The molecule has 6 heteroatoms. The fraction of sp³-hybridized carbons (Fsp3) is 0.500. The van der Waals surface area contributed by atoms with E-state index < -0.39 is 10.1 Å². The number of benzene rings is 1. The Hall–Kier alpha value is -1.62. The first-order chi connectivity index (χ1) is 10.5. The third-order valence-corrected chi connectivity index (χ3v) is 4.70. The maximum atomic E-state index is 10.6. The Labute approximate surface area is 130 Å². The number of ether oxygens (including phenoxy) is 1. The molecule has 1 fully saturated rings. The fourth-order valence-corrected chi connectivity index (χ4v) is 3.15. The lowest BCUT2D eigenvalue weighted by Crippen LogP contribution is -2.09. The van der Waals surface area contributed by atoms with Crippen molar-refractivity contribution in [2.45, 2.75) is 38.0 Å². The first-order valence-corrected chi connectivity index (χ1v) is 8.99. The number of rotatable bonds is 6. The van der Waals surface area contributed by atoms with E-state index in [2.05, 4.69) is 0 Å². The van der Waals surface area contributed by atoms with Crippen LogP contribution in [0.5, 0.6) is 5.75 Å². The minimum absolute atomic E-state index is 0.246. The van der Waals surface area contributed by atoms with Gasteiger partial charge in [-0.25, -0.2) is 4.79 Å². The van der Waals surface area contributed by atoms with Crippen molar-refractivity contribution < 1.29 is 22.5 Å². The largest absolute Gasteiger partial charge is 0.494 e. The van der Waals surface area contributed by atoms with Gasteiger partial charge in [-0.15, -0.1) is 0 Å². The van der Waals surface area contributed by atoms with E-state index in [0.717, 1.165) is 31.3 Å². The Morgan fingerprint density at radius 2 is 1.82 bits per heavy atom. The van der Waals surface area contributed by atoms with Crippen LogP contribution >= 0.6 is 0 Å². The smallest absolute Gasteiger partial charge is 0.264 e. The fourth-order valence-electron chi connectivity index (χ4n) is 2.67. The molecule has 120 valence electrons. The molecule has 22 heavy (non-hydrogen) atoms. The van der Waals surface area contributed by atoms with E-state index >= 15 is 0 Å². The molecule has 0 amide bonds. The van der Waals surface area contributed by atoms with Crippen LogP contribution in [0.4, 0.5) is 0 Å². The summed E-state index contributed by atoms with van der Waals surface area (Å²) in [4.78, 5) is 10.6. The van der Waals surface area contributed by atoms with E-state index in [-0.39, 0.29) is 18.8 Å². The minimum atomic E-state index is -3.92. The maximum absolute atomic E-state index is 10.6. The van der Waals surface area contributed by atoms with Crippen LogP contribution in [0.15, 0.2) is 29.8 Å². The van der Waals surface area contributed by atoms with Crippen LogP contribution in [0.2, 0.25) is 0 Å². The van der Waals surface area contributed by atoms with Crippen molar-refractivity contribution in [2.75, 3.05) is 12.4 Å².